The fourth-order valence-corrected chi connectivity index (χ4v) is 2.69. The second-order valence-electron chi connectivity index (χ2n) is 6.15. The molecule has 0 spiro atoms. The molecule has 0 aliphatic rings. The molecule has 0 rings (SSSR count). The van der Waals surface area contributed by atoms with E-state index in [0.29, 0.717) is 12.2 Å². The van der Waals surface area contributed by atoms with Crippen LogP contribution in [0.5, 0.6) is 0 Å². The predicted octanol–water partition coefficient (Wildman–Crippen LogP) is 3.91. The van der Waals surface area contributed by atoms with Gasteiger partial charge in [-0.25, -0.2) is 4.79 Å². The Labute approximate surface area is 113 Å². The molecule has 0 aliphatic heterocycles. The van der Waals surface area contributed by atoms with Crippen molar-refractivity contribution >= 4 is 14.3 Å². The van der Waals surface area contributed by atoms with Gasteiger partial charge in [0, 0.05) is 5.57 Å². The standard InChI is InChI=1S/C14H28O3Si/c1-9-16-13(15)11(2)10-12(3)17-18(7,8)14(4,5)6/h10,12H,9H2,1-8H3/b11-10+/t12-/m0/s1. The number of carbonyl (C=O) groups is 1. The summed E-state index contributed by atoms with van der Waals surface area (Å²) in [6.45, 7) is 17.0. The van der Waals surface area contributed by atoms with Crippen molar-refractivity contribution in [3.05, 3.63) is 11.6 Å². The van der Waals surface area contributed by atoms with Crippen LogP contribution < -0.4 is 0 Å². The van der Waals surface area contributed by atoms with Crippen LogP contribution in [-0.4, -0.2) is 27.0 Å². The fraction of sp³-hybridized carbons (Fsp3) is 0.786. The lowest BCUT2D eigenvalue weighted by atomic mass is 10.2. The van der Waals surface area contributed by atoms with Crippen LogP contribution in [0.2, 0.25) is 18.1 Å². The quantitative estimate of drug-likeness (QED) is 0.432. The maximum absolute atomic E-state index is 11.5. The van der Waals surface area contributed by atoms with Crippen LogP contribution in [0, 0.1) is 0 Å². The first-order valence-corrected chi connectivity index (χ1v) is 9.45. The molecule has 0 saturated heterocycles. The Kier molecular flexibility index (Phi) is 6.30. The summed E-state index contributed by atoms with van der Waals surface area (Å²) in [5, 5.41) is 0.174. The molecule has 4 heteroatoms. The van der Waals surface area contributed by atoms with Crippen molar-refractivity contribution in [2.24, 2.45) is 0 Å². The van der Waals surface area contributed by atoms with Gasteiger partial charge in [0.25, 0.3) is 0 Å². The van der Waals surface area contributed by atoms with Crippen LogP contribution in [0.25, 0.3) is 0 Å². The molecular weight excluding hydrogens is 244 g/mol. The van der Waals surface area contributed by atoms with Gasteiger partial charge in [0.1, 0.15) is 0 Å². The molecule has 0 aromatic heterocycles. The summed E-state index contributed by atoms with van der Waals surface area (Å²) in [6.07, 6.45) is 1.79. The molecule has 0 fully saturated rings. The first-order valence-electron chi connectivity index (χ1n) is 6.54. The van der Waals surface area contributed by atoms with Gasteiger partial charge in [-0.15, -0.1) is 0 Å². The number of hydrogen-bond acceptors (Lipinski definition) is 3. The highest BCUT2D eigenvalue weighted by molar-refractivity contribution is 6.74. The van der Waals surface area contributed by atoms with Crippen LogP contribution >= 0.6 is 0 Å². The lowest BCUT2D eigenvalue weighted by Crippen LogP contribution is -2.43. The smallest absolute Gasteiger partial charge is 0.333 e. The van der Waals surface area contributed by atoms with E-state index in [-0.39, 0.29) is 17.1 Å². The minimum Gasteiger partial charge on any atom is -0.463 e. The molecule has 0 heterocycles. The number of rotatable bonds is 5. The van der Waals surface area contributed by atoms with E-state index in [1.807, 2.05) is 13.0 Å². The van der Waals surface area contributed by atoms with E-state index in [0.717, 1.165) is 0 Å². The second kappa shape index (κ2) is 6.52. The van der Waals surface area contributed by atoms with Gasteiger partial charge in [0.2, 0.25) is 0 Å². The highest BCUT2D eigenvalue weighted by Crippen LogP contribution is 2.37. The van der Waals surface area contributed by atoms with Gasteiger partial charge < -0.3 is 9.16 Å². The van der Waals surface area contributed by atoms with Crippen molar-refractivity contribution < 1.29 is 14.0 Å². The molecule has 3 nitrogen and oxygen atoms in total. The first kappa shape index (κ1) is 17.4. The maximum Gasteiger partial charge on any atom is 0.333 e. The van der Waals surface area contributed by atoms with E-state index in [2.05, 4.69) is 33.9 Å². The van der Waals surface area contributed by atoms with Crippen molar-refractivity contribution in [3.8, 4) is 0 Å². The average molecular weight is 272 g/mol. The van der Waals surface area contributed by atoms with Gasteiger partial charge in [-0.3, -0.25) is 0 Å². The molecule has 0 saturated carbocycles. The van der Waals surface area contributed by atoms with E-state index in [9.17, 15) is 4.79 Å². The maximum atomic E-state index is 11.5. The topological polar surface area (TPSA) is 35.5 Å². The SMILES string of the molecule is CCOC(=O)/C(C)=C/[C@H](C)O[Si](C)(C)C(C)(C)C. The van der Waals surface area contributed by atoms with Crippen molar-refractivity contribution in [2.75, 3.05) is 6.61 Å². The molecule has 0 bridgehead atoms. The van der Waals surface area contributed by atoms with Gasteiger partial charge in [0.15, 0.2) is 8.32 Å². The summed E-state index contributed by atoms with van der Waals surface area (Å²) in [7, 11) is -1.78. The van der Waals surface area contributed by atoms with Crippen LogP contribution in [0.4, 0.5) is 0 Å². The second-order valence-corrected chi connectivity index (χ2v) is 10.9. The monoisotopic (exact) mass is 272 g/mol. The summed E-state index contributed by atoms with van der Waals surface area (Å²) < 4.78 is 11.1. The number of carbonyl (C=O) groups excluding carboxylic acids is 1. The molecule has 0 amide bonds. The van der Waals surface area contributed by atoms with Crippen LogP contribution in [0.15, 0.2) is 11.6 Å². The summed E-state index contributed by atoms with van der Waals surface area (Å²) >= 11 is 0. The minimum absolute atomic E-state index is 0.0599. The van der Waals surface area contributed by atoms with Gasteiger partial charge in [-0.05, 0) is 45.0 Å². The molecule has 18 heavy (non-hydrogen) atoms. The molecule has 1 atom stereocenters. The zero-order valence-electron chi connectivity index (χ0n) is 13.1. The van der Waals surface area contributed by atoms with Crippen LogP contribution in [0.1, 0.15) is 41.5 Å². The Balaban J connectivity index is 4.65. The highest BCUT2D eigenvalue weighted by atomic mass is 28.4. The largest absolute Gasteiger partial charge is 0.463 e. The molecular formula is C14H28O3Si. The molecule has 0 aromatic carbocycles. The average Bonchev–Trinajstić information content (AvgIpc) is 2.14. The minimum atomic E-state index is -1.78. The van der Waals surface area contributed by atoms with Crippen molar-refractivity contribution in [2.45, 2.75) is 65.8 Å². The number of hydrogen-bond donors (Lipinski definition) is 0. The van der Waals surface area contributed by atoms with Gasteiger partial charge >= 0.3 is 5.97 Å². The third-order valence-corrected chi connectivity index (χ3v) is 7.94. The molecule has 0 unspecified atom stereocenters. The Morgan fingerprint density at radius 3 is 2.22 bits per heavy atom. The van der Waals surface area contributed by atoms with Gasteiger partial charge in [-0.1, -0.05) is 20.8 Å². The van der Waals surface area contributed by atoms with Crippen molar-refractivity contribution in [1.82, 2.24) is 0 Å². The van der Waals surface area contributed by atoms with E-state index in [1.54, 1.807) is 13.8 Å². The van der Waals surface area contributed by atoms with Gasteiger partial charge in [-0.2, -0.15) is 0 Å². The van der Waals surface area contributed by atoms with Crippen LogP contribution in [-0.2, 0) is 14.0 Å². The van der Waals surface area contributed by atoms with Crippen molar-refractivity contribution in [3.63, 3.8) is 0 Å². The molecule has 0 N–H and O–H groups in total. The summed E-state index contributed by atoms with van der Waals surface area (Å²) in [5.41, 5.74) is 0.614. The molecule has 0 aromatic rings. The molecule has 106 valence electrons. The predicted molar refractivity (Wildman–Crippen MR) is 78.1 cm³/mol. The fourth-order valence-electron chi connectivity index (χ4n) is 1.34. The zero-order chi connectivity index (χ0) is 14.6. The zero-order valence-corrected chi connectivity index (χ0v) is 14.1. The Morgan fingerprint density at radius 1 is 1.33 bits per heavy atom. The summed E-state index contributed by atoms with van der Waals surface area (Å²) in [4.78, 5) is 11.5. The number of esters is 1. The van der Waals surface area contributed by atoms with E-state index in [1.165, 1.54) is 0 Å². The van der Waals surface area contributed by atoms with E-state index < -0.39 is 8.32 Å². The normalized spacial score (nSPS) is 15.4. The third kappa shape index (κ3) is 5.36. The Bertz CT molecular complexity index is 313. The lowest BCUT2D eigenvalue weighted by molar-refractivity contribution is -0.138. The van der Waals surface area contributed by atoms with Gasteiger partial charge in [0.05, 0.1) is 12.7 Å². The van der Waals surface area contributed by atoms with Crippen LogP contribution in [0.3, 0.4) is 0 Å². The highest BCUT2D eigenvalue weighted by Gasteiger charge is 2.38. The van der Waals surface area contributed by atoms with E-state index >= 15 is 0 Å². The summed E-state index contributed by atoms with van der Waals surface area (Å²) in [5.74, 6) is -0.261. The van der Waals surface area contributed by atoms with Crippen molar-refractivity contribution in [1.29, 1.82) is 0 Å². The Morgan fingerprint density at radius 2 is 1.83 bits per heavy atom. The first-order chi connectivity index (χ1) is 8.01. The third-order valence-electron chi connectivity index (χ3n) is 3.37. The lowest BCUT2D eigenvalue weighted by Gasteiger charge is -2.37. The Hall–Kier alpha value is -0.613. The van der Waals surface area contributed by atoms with E-state index in [4.69, 9.17) is 9.16 Å². The number of ether oxygens (including phenoxy) is 1. The molecule has 0 aliphatic carbocycles. The summed E-state index contributed by atoms with van der Waals surface area (Å²) in [6, 6.07) is 0. The molecule has 0 radical (unpaired) electrons.